The van der Waals surface area contributed by atoms with Gasteiger partial charge in [-0.3, -0.25) is 9.11 Å². The lowest BCUT2D eigenvalue weighted by Gasteiger charge is -2.10. The highest BCUT2D eigenvalue weighted by Crippen LogP contribution is 2.35. The van der Waals surface area contributed by atoms with E-state index in [-0.39, 0.29) is 9.86 Å². The quantitative estimate of drug-likeness (QED) is 0.787. The monoisotopic (exact) mass is 366 g/mol. The van der Waals surface area contributed by atoms with E-state index >= 15 is 0 Å². The molecular formula is C10H7BrO6S2. The number of fused-ring (bicyclic) bond motifs is 1. The molecule has 0 radical (unpaired) electrons. The average molecular weight is 367 g/mol. The van der Waals surface area contributed by atoms with Crippen LogP contribution in [0.2, 0.25) is 0 Å². The van der Waals surface area contributed by atoms with Gasteiger partial charge in [0.25, 0.3) is 20.2 Å². The maximum Gasteiger partial charge on any atom is 0.297 e. The molecule has 2 aromatic rings. The van der Waals surface area contributed by atoms with Gasteiger partial charge in [0, 0.05) is 9.86 Å². The summed E-state index contributed by atoms with van der Waals surface area (Å²) in [6.45, 7) is 0. The van der Waals surface area contributed by atoms with Crippen LogP contribution in [0.3, 0.4) is 0 Å². The molecule has 0 aromatic heterocycles. The molecule has 102 valence electrons. The maximum atomic E-state index is 11.4. The molecule has 6 nitrogen and oxygen atoms in total. The highest BCUT2D eigenvalue weighted by Gasteiger charge is 2.29. The predicted octanol–water partition coefficient (Wildman–Crippen LogP) is 2.10. The number of benzene rings is 2. The lowest BCUT2D eigenvalue weighted by atomic mass is 10.1. The molecule has 0 saturated carbocycles. The van der Waals surface area contributed by atoms with Crippen LogP contribution in [0.1, 0.15) is 0 Å². The second-order valence-electron chi connectivity index (χ2n) is 3.69. The molecule has 19 heavy (non-hydrogen) atoms. The number of hydrogen-bond acceptors (Lipinski definition) is 4. The van der Waals surface area contributed by atoms with E-state index in [9.17, 15) is 21.4 Å². The highest BCUT2D eigenvalue weighted by molar-refractivity contribution is 9.10. The van der Waals surface area contributed by atoms with Crippen molar-refractivity contribution in [2.24, 2.45) is 0 Å². The fourth-order valence-corrected chi connectivity index (χ4v) is 5.04. The zero-order valence-electron chi connectivity index (χ0n) is 9.11. The molecule has 0 aliphatic rings. The van der Waals surface area contributed by atoms with Crippen LogP contribution >= 0.6 is 15.9 Å². The van der Waals surface area contributed by atoms with E-state index < -0.39 is 30.0 Å². The van der Waals surface area contributed by atoms with E-state index in [1.807, 2.05) is 0 Å². The Kier molecular flexibility index (Phi) is 3.43. The van der Waals surface area contributed by atoms with E-state index in [2.05, 4.69) is 15.9 Å². The first-order valence-corrected chi connectivity index (χ1v) is 8.46. The molecule has 0 spiro atoms. The SMILES string of the molecule is O=S(=O)(O)c1c(Br)cc2ccccc2c1S(=O)(=O)O. The van der Waals surface area contributed by atoms with Gasteiger partial charge in [-0.15, -0.1) is 0 Å². The van der Waals surface area contributed by atoms with Crippen molar-refractivity contribution in [3.63, 3.8) is 0 Å². The van der Waals surface area contributed by atoms with Crippen LogP contribution in [0, 0.1) is 0 Å². The standard InChI is InChI=1S/C10H7BrO6S2/c11-8-5-6-3-1-2-4-7(6)9(18(12,13)14)10(8)19(15,16)17/h1-5H,(H,12,13,14)(H,15,16,17). The van der Waals surface area contributed by atoms with E-state index in [0.29, 0.717) is 5.39 Å². The summed E-state index contributed by atoms with van der Waals surface area (Å²) in [5.41, 5.74) is 0. The van der Waals surface area contributed by atoms with Crippen LogP contribution in [0.4, 0.5) is 0 Å². The van der Waals surface area contributed by atoms with E-state index in [1.165, 1.54) is 18.2 Å². The zero-order valence-corrected chi connectivity index (χ0v) is 12.3. The molecule has 0 aliphatic carbocycles. The average Bonchev–Trinajstić information content (AvgIpc) is 2.24. The number of rotatable bonds is 2. The first kappa shape index (κ1) is 14.4. The van der Waals surface area contributed by atoms with Gasteiger partial charge in [0.1, 0.15) is 9.79 Å². The van der Waals surface area contributed by atoms with Crippen LogP contribution in [0.25, 0.3) is 10.8 Å². The number of hydrogen-bond donors (Lipinski definition) is 2. The second-order valence-corrected chi connectivity index (χ2v) is 7.26. The molecular weight excluding hydrogens is 360 g/mol. The van der Waals surface area contributed by atoms with Crippen molar-refractivity contribution in [2.45, 2.75) is 9.79 Å². The van der Waals surface area contributed by atoms with Crippen LogP contribution in [-0.4, -0.2) is 25.9 Å². The summed E-state index contributed by atoms with van der Waals surface area (Å²) in [6.07, 6.45) is 0. The summed E-state index contributed by atoms with van der Waals surface area (Å²) in [4.78, 5) is -1.73. The Labute approximate surface area is 117 Å². The minimum absolute atomic E-state index is 0.000764. The molecule has 9 heteroatoms. The molecule has 0 saturated heterocycles. The van der Waals surface area contributed by atoms with Crippen molar-refractivity contribution in [3.05, 3.63) is 34.8 Å². The highest BCUT2D eigenvalue weighted by atomic mass is 79.9. The third-order valence-corrected chi connectivity index (χ3v) is 5.32. The molecule has 2 N–H and O–H groups in total. The molecule has 2 rings (SSSR count). The van der Waals surface area contributed by atoms with Crippen molar-refractivity contribution in [1.29, 1.82) is 0 Å². The summed E-state index contributed by atoms with van der Waals surface area (Å²) < 4.78 is 63.7. The molecule has 0 bridgehead atoms. The van der Waals surface area contributed by atoms with Crippen molar-refractivity contribution >= 4 is 46.9 Å². The summed E-state index contributed by atoms with van der Waals surface area (Å²) >= 11 is 2.88. The smallest absolute Gasteiger partial charge is 0.282 e. The molecule has 0 heterocycles. The van der Waals surface area contributed by atoms with E-state index in [4.69, 9.17) is 4.55 Å². The molecule has 0 atom stereocenters. The maximum absolute atomic E-state index is 11.4. The van der Waals surface area contributed by atoms with Crippen LogP contribution in [0.15, 0.2) is 44.6 Å². The molecule has 2 aromatic carbocycles. The van der Waals surface area contributed by atoms with Gasteiger partial charge in [-0.05, 0) is 27.4 Å². The van der Waals surface area contributed by atoms with Gasteiger partial charge in [-0.1, -0.05) is 24.3 Å². The topological polar surface area (TPSA) is 109 Å². The third kappa shape index (κ3) is 2.65. The molecule has 0 unspecified atom stereocenters. The Morgan fingerprint density at radius 3 is 1.95 bits per heavy atom. The second kappa shape index (κ2) is 4.53. The van der Waals surface area contributed by atoms with Crippen LogP contribution in [-0.2, 0) is 20.2 Å². The lowest BCUT2D eigenvalue weighted by molar-refractivity contribution is 0.467. The van der Waals surface area contributed by atoms with Crippen molar-refractivity contribution < 1.29 is 25.9 Å². The molecule has 0 fully saturated rings. The van der Waals surface area contributed by atoms with Gasteiger partial charge in [0.2, 0.25) is 0 Å². The van der Waals surface area contributed by atoms with Gasteiger partial charge in [0.05, 0.1) is 0 Å². The predicted molar refractivity (Wildman–Crippen MR) is 71.3 cm³/mol. The summed E-state index contributed by atoms with van der Waals surface area (Å²) in [7, 11) is -9.66. The Balaban J connectivity index is 3.18. The van der Waals surface area contributed by atoms with Gasteiger partial charge in [-0.25, -0.2) is 0 Å². The number of halogens is 1. The normalized spacial score (nSPS) is 12.8. The largest absolute Gasteiger partial charge is 0.297 e. The lowest BCUT2D eigenvalue weighted by Crippen LogP contribution is -2.10. The van der Waals surface area contributed by atoms with Gasteiger partial charge in [0.15, 0.2) is 0 Å². The minimum Gasteiger partial charge on any atom is -0.282 e. The first-order valence-electron chi connectivity index (χ1n) is 4.78. The fraction of sp³-hybridized carbons (Fsp3) is 0. The van der Waals surface area contributed by atoms with Gasteiger partial charge >= 0.3 is 0 Å². The zero-order chi connectivity index (χ0) is 14.4. The molecule has 0 amide bonds. The minimum atomic E-state index is -4.83. The third-order valence-electron chi connectivity index (χ3n) is 2.43. The molecule has 0 aliphatic heterocycles. The van der Waals surface area contributed by atoms with E-state index in [0.717, 1.165) is 0 Å². The van der Waals surface area contributed by atoms with Gasteiger partial charge < -0.3 is 0 Å². The van der Waals surface area contributed by atoms with Crippen molar-refractivity contribution in [2.75, 3.05) is 0 Å². The Hall–Kier alpha value is -1.00. The first-order chi connectivity index (χ1) is 8.62. The Morgan fingerprint density at radius 2 is 1.42 bits per heavy atom. The van der Waals surface area contributed by atoms with Crippen LogP contribution < -0.4 is 0 Å². The van der Waals surface area contributed by atoms with E-state index in [1.54, 1.807) is 12.1 Å². The summed E-state index contributed by atoms with van der Waals surface area (Å²) in [6, 6.07) is 7.32. The Bertz CT molecular complexity index is 870. The summed E-state index contributed by atoms with van der Waals surface area (Å²) in [5, 5.41) is 0.398. The fourth-order valence-electron chi connectivity index (χ4n) is 1.76. The summed E-state index contributed by atoms with van der Waals surface area (Å²) in [5.74, 6) is 0. The van der Waals surface area contributed by atoms with Crippen molar-refractivity contribution in [1.82, 2.24) is 0 Å². The van der Waals surface area contributed by atoms with Crippen LogP contribution in [0.5, 0.6) is 0 Å². The van der Waals surface area contributed by atoms with Crippen molar-refractivity contribution in [3.8, 4) is 0 Å². The van der Waals surface area contributed by atoms with Gasteiger partial charge in [-0.2, -0.15) is 16.8 Å². The Morgan fingerprint density at radius 1 is 0.895 bits per heavy atom.